The number of carboxylic acid groups (broad SMARTS) is 3. The molecule has 0 aromatic heterocycles. The van der Waals surface area contributed by atoms with Gasteiger partial charge in [-0.15, -0.1) is 0 Å². The van der Waals surface area contributed by atoms with Gasteiger partial charge in [0.05, 0.1) is 16.7 Å². The summed E-state index contributed by atoms with van der Waals surface area (Å²) in [5, 5.41) is 31.1. The Morgan fingerprint density at radius 1 is 0.621 bits per heavy atom. The third-order valence-corrected chi connectivity index (χ3v) is 4.89. The van der Waals surface area contributed by atoms with Gasteiger partial charge >= 0.3 is 17.9 Å². The molecular weight excluding hydrogens is 372 g/mol. The van der Waals surface area contributed by atoms with Crippen molar-refractivity contribution in [2.24, 2.45) is 0 Å². The van der Waals surface area contributed by atoms with Gasteiger partial charge in [-0.05, 0) is 63.0 Å². The van der Waals surface area contributed by atoms with E-state index in [1.54, 1.807) is 30.3 Å². The summed E-state index contributed by atoms with van der Waals surface area (Å²) in [6.07, 6.45) is 0. The summed E-state index contributed by atoms with van der Waals surface area (Å²) in [5.74, 6) is -3.48. The number of aromatic carboxylic acids is 3. The van der Waals surface area contributed by atoms with Gasteiger partial charge in [0.1, 0.15) is 0 Å². The molecule has 4 aromatic rings. The van der Waals surface area contributed by atoms with Crippen LogP contribution in [-0.2, 0) is 0 Å². The lowest BCUT2D eigenvalue weighted by atomic mass is 9.91. The van der Waals surface area contributed by atoms with E-state index in [9.17, 15) is 29.7 Å². The average Bonchev–Trinajstić information content (AvgIpc) is 2.70. The summed E-state index contributed by atoms with van der Waals surface area (Å²) < 4.78 is 0. The second-order valence-electron chi connectivity index (χ2n) is 6.58. The van der Waals surface area contributed by atoms with Gasteiger partial charge in [-0.2, -0.15) is 0 Å². The van der Waals surface area contributed by atoms with Gasteiger partial charge in [0.2, 0.25) is 0 Å². The standard InChI is InChI=1S/C23H14O6/c24-21(25)15-7-8-17(22(26)27)18(11-15)14-6-5-13-9-12-3-1-2-4-16(12)20(23(28)29)19(13)10-14/h1-11H,(H,24,25)(H,26,27)(H,28,29). The van der Waals surface area contributed by atoms with E-state index < -0.39 is 17.9 Å². The Kier molecular flexibility index (Phi) is 4.24. The van der Waals surface area contributed by atoms with Crippen molar-refractivity contribution < 1.29 is 29.7 Å². The minimum Gasteiger partial charge on any atom is -0.478 e. The number of hydrogen-bond acceptors (Lipinski definition) is 3. The van der Waals surface area contributed by atoms with Crippen LogP contribution in [0.15, 0.2) is 66.7 Å². The molecule has 0 fully saturated rings. The molecule has 0 amide bonds. The predicted octanol–water partition coefficient (Wildman–Crippen LogP) is 4.75. The molecule has 29 heavy (non-hydrogen) atoms. The van der Waals surface area contributed by atoms with E-state index in [-0.39, 0.29) is 22.3 Å². The minimum atomic E-state index is -1.20. The number of rotatable bonds is 4. The van der Waals surface area contributed by atoms with Gasteiger partial charge in [0, 0.05) is 0 Å². The molecule has 0 aliphatic heterocycles. The van der Waals surface area contributed by atoms with E-state index in [2.05, 4.69) is 0 Å². The van der Waals surface area contributed by atoms with Crippen molar-refractivity contribution in [3.63, 3.8) is 0 Å². The first-order valence-corrected chi connectivity index (χ1v) is 8.66. The average molecular weight is 386 g/mol. The Hall–Kier alpha value is -4.19. The minimum absolute atomic E-state index is 0.0536. The fourth-order valence-corrected chi connectivity index (χ4v) is 3.56. The third-order valence-electron chi connectivity index (χ3n) is 4.89. The molecule has 142 valence electrons. The number of fused-ring (bicyclic) bond motifs is 2. The Bertz CT molecular complexity index is 1340. The van der Waals surface area contributed by atoms with Crippen LogP contribution in [-0.4, -0.2) is 33.2 Å². The van der Waals surface area contributed by atoms with Crippen LogP contribution in [0.1, 0.15) is 31.1 Å². The number of carbonyl (C=O) groups is 3. The van der Waals surface area contributed by atoms with E-state index in [0.717, 1.165) is 5.39 Å². The topological polar surface area (TPSA) is 112 Å². The van der Waals surface area contributed by atoms with Gasteiger partial charge < -0.3 is 15.3 Å². The van der Waals surface area contributed by atoms with Gasteiger partial charge in [-0.25, -0.2) is 14.4 Å². The largest absolute Gasteiger partial charge is 0.478 e. The quantitative estimate of drug-likeness (QED) is 0.436. The molecule has 4 rings (SSSR count). The van der Waals surface area contributed by atoms with E-state index in [1.165, 1.54) is 18.2 Å². The molecule has 0 spiro atoms. The molecule has 0 aliphatic rings. The predicted molar refractivity (Wildman–Crippen MR) is 108 cm³/mol. The van der Waals surface area contributed by atoms with Crippen LogP contribution in [0, 0.1) is 0 Å². The highest BCUT2D eigenvalue weighted by atomic mass is 16.4. The maximum atomic E-state index is 12.0. The van der Waals surface area contributed by atoms with Crippen molar-refractivity contribution in [1.82, 2.24) is 0 Å². The molecule has 3 N–H and O–H groups in total. The fraction of sp³-hybridized carbons (Fsp3) is 0. The van der Waals surface area contributed by atoms with Gasteiger partial charge in [0.25, 0.3) is 0 Å². The normalized spacial score (nSPS) is 10.9. The van der Waals surface area contributed by atoms with Crippen molar-refractivity contribution in [1.29, 1.82) is 0 Å². The monoisotopic (exact) mass is 386 g/mol. The van der Waals surface area contributed by atoms with Crippen molar-refractivity contribution in [2.75, 3.05) is 0 Å². The second-order valence-corrected chi connectivity index (χ2v) is 6.58. The summed E-state index contributed by atoms with van der Waals surface area (Å²) in [6.45, 7) is 0. The van der Waals surface area contributed by atoms with Crippen molar-refractivity contribution in [3.05, 3.63) is 83.4 Å². The number of benzene rings is 4. The maximum Gasteiger partial charge on any atom is 0.336 e. The molecule has 0 unspecified atom stereocenters. The Labute approximate surface area is 164 Å². The molecule has 0 saturated heterocycles. The molecular formula is C23H14O6. The lowest BCUT2D eigenvalue weighted by molar-refractivity contribution is 0.0682. The molecule has 6 nitrogen and oxygen atoms in total. The Morgan fingerprint density at radius 2 is 1.34 bits per heavy atom. The molecule has 0 atom stereocenters. The lowest BCUT2D eigenvalue weighted by Gasteiger charge is -2.12. The first-order valence-electron chi connectivity index (χ1n) is 8.66. The molecule has 6 heteroatoms. The smallest absolute Gasteiger partial charge is 0.336 e. The molecule has 0 aliphatic carbocycles. The van der Waals surface area contributed by atoms with Crippen molar-refractivity contribution in [3.8, 4) is 11.1 Å². The zero-order valence-electron chi connectivity index (χ0n) is 14.9. The fourth-order valence-electron chi connectivity index (χ4n) is 3.56. The molecule has 0 radical (unpaired) electrons. The zero-order chi connectivity index (χ0) is 20.7. The summed E-state index contributed by atoms with van der Waals surface area (Å²) in [4.78, 5) is 35.0. The van der Waals surface area contributed by atoms with Crippen molar-refractivity contribution >= 4 is 39.5 Å². The number of hydrogen-bond donors (Lipinski definition) is 3. The van der Waals surface area contributed by atoms with Gasteiger partial charge in [-0.3, -0.25) is 0 Å². The van der Waals surface area contributed by atoms with Crippen LogP contribution < -0.4 is 0 Å². The molecule has 0 bridgehead atoms. The Morgan fingerprint density at radius 3 is 2.03 bits per heavy atom. The summed E-state index contributed by atoms with van der Waals surface area (Å²) >= 11 is 0. The summed E-state index contributed by atoms with van der Waals surface area (Å²) in [7, 11) is 0. The van der Waals surface area contributed by atoms with E-state index in [4.69, 9.17) is 0 Å². The van der Waals surface area contributed by atoms with Gasteiger partial charge in [0.15, 0.2) is 0 Å². The van der Waals surface area contributed by atoms with Crippen LogP contribution in [0.2, 0.25) is 0 Å². The first kappa shape index (κ1) is 18.2. The van der Waals surface area contributed by atoms with E-state index >= 15 is 0 Å². The molecule has 0 heterocycles. The Balaban J connectivity index is 2.07. The van der Waals surface area contributed by atoms with Crippen LogP contribution >= 0.6 is 0 Å². The summed E-state index contributed by atoms with van der Waals surface area (Å²) in [5.41, 5.74) is 0.639. The molecule has 0 saturated carbocycles. The van der Waals surface area contributed by atoms with Crippen LogP contribution in [0.25, 0.3) is 32.7 Å². The zero-order valence-corrected chi connectivity index (χ0v) is 14.9. The van der Waals surface area contributed by atoms with Crippen LogP contribution in [0.3, 0.4) is 0 Å². The van der Waals surface area contributed by atoms with Crippen LogP contribution in [0.5, 0.6) is 0 Å². The first-order chi connectivity index (χ1) is 13.9. The SMILES string of the molecule is O=C(O)c1ccc(C(=O)O)c(-c2ccc3cc4ccccc4c(C(=O)O)c3c2)c1. The summed E-state index contributed by atoms with van der Waals surface area (Å²) in [6, 6.07) is 17.7. The lowest BCUT2D eigenvalue weighted by Crippen LogP contribution is -2.04. The molecule has 4 aromatic carbocycles. The third kappa shape index (κ3) is 3.06. The highest BCUT2D eigenvalue weighted by molar-refractivity contribution is 6.16. The highest BCUT2D eigenvalue weighted by Gasteiger charge is 2.18. The van der Waals surface area contributed by atoms with Crippen LogP contribution in [0.4, 0.5) is 0 Å². The van der Waals surface area contributed by atoms with Crippen molar-refractivity contribution in [2.45, 2.75) is 0 Å². The maximum absolute atomic E-state index is 12.0. The number of carboxylic acids is 3. The van der Waals surface area contributed by atoms with E-state index in [0.29, 0.717) is 21.7 Å². The second kappa shape index (κ2) is 6.76. The van der Waals surface area contributed by atoms with Gasteiger partial charge in [-0.1, -0.05) is 36.4 Å². The van der Waals surface area contributed by atoms with E-state index in [1.807, 2.05) is 18.2 Å². The highest BCUT2D eigenvalue weighted by Crippen LogP contribution is 2.33.